The molecule has 0 aliphatic rings. The molecule has 0 aromatic heterocycles. The van der Waals surface area contributed by atoms with Crippen molar-refractivity contribution < 1.29 is 18.7 Å². The van der Waals surface area contributed by atoms with E-state index >= 15 is 0 Å². The Hall–Kier alpha value is -3.14. The number of aryl methyl sites for hydroxylation is 2. The van der Waals surface area contributed by atoms with E-state index in [4.69, 9.17) is 9.47 Å². The average Bonchev–Trinajstić information content (AvgIpc) is 2.74. The smallest absolute Gasteiger partial charge is 0.161 e. The van der Waals surface area contributed by atoms with E-state index in [1.165, 1.54) is 23.3 Å². The van der Waals surface area contributed by atoms with Crippen LogP contribution in [-0.2, 0) is 19.4 Å². The van der Waals surface area contributed by atoms with Gasteiger partial charge in [-0.2, -0.15) is 0 Å². The number of carbonyl (C=O) groups is 1. The number of Topliss-reactive ketones (excluding diaryl/α,β-unsaturated/α-hetero) is 1. The Labute approximate surface area is 171 Å². The van der Waals surface area contributed by atoms with Gasteiger partial charge in [-0.15, -0.1) is 0 Å². The average molecular weight is 392 g/mol. The fourth-order valence-corrected chi connectivity index (χ4v) is 3.13. The Morgan fingerprint density at radius 3 is 2.10 bits per heavy atom. The van der Waals surface area contributed by atoms with Crippen molar-refractivity contribution in [3.63, 3.8) is 0 Å². The van der Waals surface area contributed by atoms with Gasteiger partial charge in [0.2, 0.25) is 0 Å². The van der Waals surface area contributed by atoms with Crippen molar-refractivity contribution in [3.05, 3.63) is 94.8 Å². The molecule has 3 aromatic carbocycles. The number of benzene rings is 3. The van der Waals surface area contributed by atoms with Crippen molar-refractivity contribution in [2.45, 2.75) is 32.8 Å². The second-order valence-electron chi connectivity index (χ2n) is 7.01. The maximum Gasteiger partial charge on any atom is 0.161 e. The number of hydrogen-bond acceptors (Lipinski definition) is 3. The maximum atomic E-state index is 13.0. The lowest BCUT2D eigenvalue weighted by Gasteiger charge is -2.12. The number of methoxy groups -OCH3 is 1. The minimum absolute atomic E-state index is 0.0883. The van der Waals surface area contributed by atoms with Crippen molar-refractivity contribution >= 4 is 5.78 Å². The summed E-state index contributed by atoms with van der Waals surface area (Å²) in [6.45, 7) is 1.93. The summed E-state index contributed by atoms with van der Waals surface area (Å²) in [4.78, 5) is 11.3. The summed E-state index contributed by atoms with van der Waals surface area (Å²) in [5.41, 5.74) is 4.04. The van der Waals surface area contributed by atoms with Crippen LogP contribution in [0, 0.1) is 5.82 Å². The minimum atomic E-state index is -0.259. The molecule has 0 N–H and O–H groups in total. The molecular formula is C25H25FO3. The monoisotopic (exact) mass is 392 g/mol. The van der Waals surface area contributed by atoms with Crippen LogP contribution in [0.1, 0.15) is 40.4 Å². The Bertz CT molecular complexity index is 947. The Morgan fingerprint density at radius 1 is 0.828 bits per heavy atom. The third-order valence-electron chi connectivity index (χ3n) is 4.83. The summed E-state index contributed by atoms with van der Waals surface area (Å²) < 4.78 is 24.3. The number of ether oxygens (including phenoxy) is 2. The molecule has 0 radical (unpaired) electrons. The van der Waals surface area contributed by atoms with Crippen LogP contribution in [0.5, 0.6) is 11.5 Å². The lowest BCUT2D eigenvalue weighted by atomic mass is 10.0. The van der Waals surface area contributed by atoms with Gasteiger partial charge in [-0.1, -0.05) is 42.5 Å². The van der Waals surface area contributed by atoms with Gasteiger partial charge in [-0.05, 0) is 67.1 Å². The number of carbonyl (C=O) groups excluding carboxylic acids is 1. The van der Waals surface area contributed by atoms with Gasteiger partial charge in [-0.25, -0.2) is 4.39 Å². The quantitative estimate of drug-likeness (QED) is 0.432. The molecule has 0 saturated heterocycles. The highest BCUT2D eigenvalue weighted by molar-refractivity contribution is 5.93. The zero-order chi connectivity index (χ0) is 20.6. The number of rotatable bonds is 9. The first-order valence-electron chi connectivity index (χ1n) is 9.69. The van der Waals surface area contributed by atoms with Crippen molar-refractivity contribution in [2.75, 3.05) is 7.11 Å². The normalized spacial score (nSPS) is 10.6. The number of halogens is 1. The zero-order valence-corrected chi connectivity index (χ0v) is 16.8. The van der Waals surface area contributed by atoms with Crippen LogP contribution in [-0.4, -0.2) is 12.9 Å². The summed E-state index contributed by atoms with van der Waals surface area (Å²) in [5.74, 6) is 1.19. The first-order valence-corrected chi connectivity index (χ1v) is 9.69. The molecule has 3 nitrogen and oxygen atoms in total. The zero-order valence-electron chi connectivity index (χ0n) is 16.8. The highest BCUT2D eigenvalue weighted by Crippen LogP contribution is 2.29. The van der Waals surface area contributed by atoms with Gasteiger partial charge < -0.3 is 9.47 Å². The van der Waals surface area contributed by atoms with Crippen LogP contribution in [0.3, 0.4) is 0 Å². The Morgan fingerprint density at radius 2 is 1.45 bits per heavy atom. The molecule has 0 atom stereocenters. The van der Waals surface area contributed by atoms with Gasteiger partial charge in [0.1, 0.15) is 12.4 Å². The minimum Gasteiger partial charge on any atom is -0.493 e. The van der Waals surface area contributed by atoms with Crippen molar-refractivity contribution in [2.24, 2.45) is 0 Å². The van der Waals surface area contributed by atoms with Crippen LogP contribution in [0.25, 0.3) is 0 Å². The SMILES string of the molecule is COc1cc(CCCc2ccc(C(C)=O)cc2)ccc1OCc1ccc(F)cc1. The van der Waals surface area contributed by atoms with Crippen LogP contribution >= 0.6 is 0 Å². The van der Waals surface area contributed by atoms with Crippen molar-refractivity contribution in [1.82, 2.24) is 0 Å². The largest absolute Gasteiger partial charge is 0.493 e. The molecule has 0 aliphatic heterocycles. The summed E-state index contributed by atoms with van der Waals surface area (Å²) >= 11 is 0. The lowest BCUT2D eigenvalue weighted by molar-refractivity contribution is 0.101. The molecular weight excluding hydrogens is 367 g/mol. The third kappa shape index (κ3) is 5.92. The Kier molecular flexibility index (Phi) is 7.01. The standard InChI is InChI=1S/C25H25FO3/c1-18(27)22-11-6-19(7-12-22)4-3-5-20-10-15-24(25(16-20)28-2)29-17-21-8-13-23(26)14-9-21/h6-16H,3-5,17H2,1-2H3. The first-order chi connectivity index (χ1) is 14.0. The maximum absolute atomic E-state index is 13.0. The summed E-state index contributed by atoms with van der Waals surface area (Å²) in [6, 6.07) is 20.0. The molecule has 4 heteroatoms. The van der Waals surface area contributed by atoms with Gasteiger partial charge in [-0.3, -0.25) is 4.79 Å². The summed E-state index contributed by atoms with van der Waals surface area (Å²) in [7, 11) is 1.63. The molecule has 29 heavy (non-hydrogen) atoms. The van der Waals surface area contributed by atoms with E-state index in [2.05, 4.69) is 0 Å². The van der Waals surface area contributed by atoms with E-state index in [9.17, 15) is 9.18 Å². The predicted octanol–water partition coefficient (Wildman–Crippen LogP) is 5.79. The topological polar surface area (TPSA) is 35.5 Å². The van der Waals surface area contributed by atoms with E-state index in [0.29, 0.717) is 18.1 Å². The molecule has 0 spiro atoms. The summed E-state index contributed by atoms with van der Waals surface area (Å²) in [6.07, 6.45) is 2.87. The van der Waals surface area contributed by atoms with E-state index in [1.807, 2.05) is 42.5 Å². The fourth-order valence-electron chi connectivity index (χ4n) is 3.13. The molecule has 0 aliphatic carbocycles. The van der Waals surface area contributed by atoms with Gasteiger partial charge in [0, 0.05) is 5.56 Å². The molecule has 0 amide bonds. The highest BCUT2D eigenvalue weighted by Gasteiger charge is 2.07. The summed E-state index contributed by atoms with van der Waals surface area (Å²) in [5, 5.41) is 0. The van der Waals surface area contributed by atoms with Gasteiger partial charge in [0.05, 0.1) is 7.11 Å². The van der Waals surface area contributed by atoms with Crippen LogP contribution < -0.4 is 9.47 Å². The molecule has 0 unspecified atom stereocenters. The van der Waals surface area contributed by atoms with Gasteiger partial charge >= 0.3 is 0 Å². The van der Waals surface area contributed by atoms with Gasteiger partial charge in [0.25, 0.3) is 0 Å². The van der Waals surface area contributed by atoms with E-state index in [0.717, 1.165) is 30.4 Å². The van der Waals surface area contributed by atoms with E-state index in [1.54, 1.807) is 26.2 Å². The van der Waals surface area contributed by atoms with Crippen LogP contribution in [0.15, 0.2) is 66.7 Å². The second kappa shape index (κ2) is 9.87. The molecule has 3 rings (SSSR count). The molecule has 0 bridgehead atoms. The fraction of sp³-hybridized carbons (Fsp3) is 0.240. The van der Waals surface area contributed by atoms with Crippen molar-refractivity contribution in [3.8, 4) is 11.5 Å². The lowest BCUT2D eigenvalue weighted by Crippen LogP contribution is -1.99. The second-order valence-corrected chi connectivity index (χ2v) is 7.01. The van der Waals surface area contributed by atoms with Crippen LogP contribution in [0.2, 0.25) is 0 Å². The molecule has 0 saturated carbocycles. The van der Waals surface area contributed by atoms with Gasteiger partial charge in [0.15, 0.2) is 17.3 Å². The Balaban J connectivity index is 1.55. The number of ketones is 1. The van der Waals surface area contributed by atoms with E-state index < -0.39 is 0 Å². The third-order valence-corrected chi connectivity index (χ3v) is 4.83. The predicted molar refractivity (Wildman–Crippen MR) is 112 cm³/mol. The first kappa shape index (κ1) is 20.6. The molecule has 0 heterocycles. The number of hydrogen-bond donors (Lipinski definition) is 0. The highest BCUT2D eigenvalue weighted by atomic mass is 19.1. The van der Waals surface area contributed by atoms with Crippen molar-refractivity contribution in [1.29, 1.82) is 0 Å². The molecule has 0 fully saturated rings. The van der Waals surface area contributed by atoms with E-state index in [-0.39, 0.29) is 11.6 Å². The van der Waals surface area contributed by atoms with Crippen LogP contribution in [0.4, 0.5) is 4.39 Å². The molecule has 3 aromatic rings. The molecule has 150 valence electrons.